The summed E-state index contributed by atoms with van der Waals surface area (Å²) in [5, 5.41) is 0. The van der Waals surface area contributed by atoms with Crippen LogP contribution in [0.1, 0.15) is 56.4 Å². The number of likely N-dealkylation sites (tertiary alicyclic amines) is 1. The monoisotopic (exact) mass is 382 g/mol. The van der Waals surface area contributed by atoms with Crippen LogP contribution in [0.3, 0.4) is 0 Å². The number of carbonyl (C=O) groups excluding carboxylic acids is 2. The third-order valence-electron chi connectivity index (χ3n) is 7.46. The first-order valence-electron chi connectivity index (χ1n) is 10.9. The zero-order chi connectivity index (χ0) is 19.3. The summed E-state index contributed by atoms with van der Waals surface area (Å²) >= 11 is 0. The summed E-state index contributed by atoms with van der Waals surface area (Å²) in [6.07, 6.45) is 7.45. The van der Waals surface area contributed by atoms with Crippen molar-refractivity contribution in [3.63, 3.8) is 0 Å². The Morgan fingerprint density at radius 1 is 0.964 bits per heavy atom. The first kappa shape index (κ1) is 18.0. The normalized spacial score (nSPS) is 33.8. The van der Waals surface area contributed by atoms with Gasteiger partial charge in [0.2, 0.25) is 11.8 Å². The van der Waals surface area contributed by atoms with Crippen LogP contribution in [0.2, 0.25) is 0 Å². The Kier molecular flexibility index (Phi) is 4.56. The Bertz CT molecular complexity index is 748. The predicted molar refractivity (Wildman–Crippen MR) is 106 cm³/mol. The molecule has 2 aliphatic carbocycles. The van der Waals surface area contributed by atoms with Gasteiger partial charge in [0, 0.05) is 25.0 Å². The van der Waals surface area contributed by atoms with E-state index in [9.17, 15) is 9.59 Å². The Morgan fingerprint density at radius 2 is 1.64 bits per heavy atom. The van der Waals surface area contributed by atoms with E-state index in [0.29, 0.717) is 11.8 Å². The van der Waals surface area contributed by atoms with Crippen LogP contribution in [0.4, 0.5) is 0 Å². The average Bonchev–Trinajstić information content (AvgIpc) is 3.36. The fourth-order valence-corrected chi connectivity index (χ4v) is 5.79. The molecule has 0 radical (unpaired) electrons. The van der Waals surface area contributed by atoms with E-state index in [-0.39, 0.29) is 29.8 Å². The maximum absolute atomic E-state index is 13.5. The highest BCUT2D eigenvalue weighted by Crippen LogP contribution is 2.51. The highest BCUT2D eigenvalue weighted by molar-refractivity contribution is 5.91. The smallest absolute Gasteiger partial charge is 0.245 e. The number of nitrogens with zero attached hydrogens (tertiary/aromatic N) is 2. The molecule has 3 heterocycles. The number of ether oxygens (including phenoxy) is 1. The van der Waals surface area contributed by atoms with Gasteiger partial charge < -0.3 is 14.5 Å². The minimum Gasteiger partial charge on any atom is -0.497 e. The molecule has 5 fully saturated rings. The van der Waals surface area contributed by atoms with Crippen molar-refractivity contribution in [1.82, 2.24) is 9.80 Å². The number of carbonyl (C=O) groups is 2. The van der Waals surface area contributed by atoms with Crippen molar-refractivity contribution in [3.8, 4) is 5.75 Å². The molecule has 6 rings (SSSR count). The van der Waals surface area contributed by atoms with Crippen molar-refractivity contribution >= 4 is 11.8 Å². The molecular formula is C23H30N2O3. The van der Waals surface area contributed by atoms with Gasteiger partial charge in [-0.15, -0.1) is 0 Å². The Labute approximate surface area is 167 Å². The second kappa shape index (κ2) is 7.09. The molecule has 0 N–H and O–H groups in total. The van der Waals surface area contributed by atoms with Crippen molar-refractivity contribution in [3.05, 3.63) is 29.8 Å². The lowest BCUT2D eigenvalue weighted by molar-refractivity contribution is -0.159. The summed E-state index contributed by atoms with van der Waals surface area (Å²) in [5.74, 6) is 2.00. The van der Waals surface area contributed by atoms with E-state index in [1.165, 1.54) is 5.56 Å². The highest BCUT2D eigenvalue weighted by atomic mass is 16.5. The van der Waals surface area contributed by atoms with Crippen LogP contribution in [-0.2, 0) is 9.59 Å². The predicted octanol–water partition coefficient (Wildman–Crippen LogP) is 3.19. The zero-order valence-corrected chi connectivity index (χ0v) is 16.7. The zero-order valence-electron chi connectivity index (χ0n) is 16.7. The van der Waals surface area contributed by atoms with Crippen molar-refractivity contribution in [2.45, 2.75) is 62.9 Å². The average molecular weight is 383 g/mol. The molecule has 3 atom stereocenters. The molecule has 150 valence electrons. The topological polar surface area (TPSA) is 49.9 Å². The van der Waals surface area contributed by atoms with Crippen LogP contribution in [0.15, 0.2) is 24.3 Å². The van der Waals surface area contributed by atoms with Gasteiger partial charge in [-0.3, -0.25) is 9.59 Å². The highest BCUT2D eigenvalue weighted by Gasteiger charge is 2.54. The first-order chi connectivity index (χ1) is 13.7. The van der Waals surface area contributed by atoms with Crippen molar-refractivity contribution < 1.29 is 14.3 Å². The van der Waals surface area contributed by atoms with Crippen molar-refractivity contribution in [1.29, 1.82) is 0 Å². The summed E-state index contributed by atoms with van der Waals surface area (Å²) in [6, 6.07) is 8.16. The Balaban J connectivity index is 1.34. The lowest BCUT2D eigenvalue weighted by Gasteiger charge is -2.51. The third-order valence-corrected chi connectivity index (χ3v) is 7.46. The molecule has 2 amide bonds. The van der Waals surface area contributed by atoms with Gasteiger partial charge >= 0.3 is 0 Å². The van der Waals surface area contributed by atoms with Crippen LogP contribution >= 0.6 is 0 Å². The maximum atomic E-state index is 13.5. The number of hydrogen-bond acceptors (Lipinski definition) is 3. The van der Waals surface area contributed by atoms with Crippen LogP contribution < -0.4 is 4.74 Å². The summed E-state index contributed by atoms with van der Waals surface area (Å²) in [5.41, 5.74) is 1.21. The summed E-state index contributed by atoms with van der Waals surface area (Å²) < 4.78 is 5.24. The maximum Gasteiger partial charge on any atom is 0.245 e. The number of hydrogen-bond donors (Lipinski definition) is 0. The third kappa shape index (κ3) is 2.99. The van der Waals surface area contributed by atoms with Gasteiger partial charge in [0.1, 0.15) is 11.8 Å². The van der Waals surface area contributed by atoms with Gasteiger partial charge in [0.15, 0.2) is 0 Å². The van der Waals surface area contributed by atoms with Gasteiger partial charge in [-0.25, -0.2) is 0 Å². The van der Waals surface area contributed by atoms with Gasteiger partial charge in [-0.05, 0) is 74.5 Å². The molecule has 0 aromatic heterocycles. The molecule has 1 aromatic carbocycles. The molecule has 5 heteroatoms. The van der Waals surface area contributed by atoms with Gasteiger partial charge in [-0.1, -0.05) is 12.1 Å². The van der Waals surface area contributed by atoms with E-state index in [0.717, 1.165) is 63.8 Å². The molecule has 5 nitrogen and oxygen atoms in total. The lowest BCUT2D eigenvalue weighted by Crippen LogP contribution is -2.63. The van der Waals surface area contributed by atoms with E-state index in [1.54, 1.807) is 7.11 Å². The molecule has 1 aromatic rings. The standard InChI is InChI=1S/C23H30N2O3/c1-28-18-10-6-15(7-11-18)19-14-20(19)22(26)25-17-8-4-16(5-9-17)21(25)23(27)24-12-2-3-13-24/h6-7,10-11,16-17,19-21H,2-5,8-9,12-14H2,1H3/t16?,17?,19-,20+,21-/m0/s1. The summed E-state index contributed by atoms with van der Waals surface area (Å²) in [4.78, 5) is 30.9. The SMILES string of the molecule is COc1ccc([C@@H]2C[C@H]2C(=O)N2C3CCC(CC3)[C@H]2C(=O)N2CCCC2)cc1. The molecule has 2 bridgehead atoms. The van der Waals surface area contributed by atoms with E-state index < -0.39 is 0 Å². The molecule has 0 spiro atoms. The van der Waals surface area contributed by atoms with E-state index in [2.05, 4.69) is 12.1 Å². The van der Waals surface area contributed by atoms with Crippen LogP contribution in [0.5, 0.6) is 5.75 Å². The van der Waals surface area contributed by atoms with Crippen LogP contribution in [0, 0.1) is 11.8 Å². The van der Waals surface area contributed by atoms with Crippen molar-refractivity contribution in [2.24, 2.45) is 11.8 Å². The fraction of sp³-hybridized carbons (Fsp3) is 0.652. The Hall–Kier alpha value is -2.04. The molecule has 5 aliphatic rings. The van der Waals surface area contributed by atoms with Gasteiger partial charge in [0.05, 0.1) is 7.11 Å². The lowest BCUT2D eigenvalue weighted by atomic mass is 9.73. The minimum absolute atomic E-state index is 0.0432. The fourth-order valence-electron chi connectivity index (χ4n) is 5.79. The second-order valence-corrected chi connectivity index (χ2v) is 9.01. The minimum atomic E-state index is -0.199. The van der Waals surface area contributed by atoms with Crippen LogP contribution in [-0.4, -0.2) is 53.9 Å². The number of fused-ring (bicyclic) bond motifs is 3. The van der Waals surface area contributed by atoms with Crippen molar-refractivity contribution in [2.75, 3.05) is 20.2 Å². The molecule has 2 saturated carbocycles. The molecular weight excluding hydrogens is 352 g/mol. The molecule has 3 aliphatic heterocycles. The van der Waals surface area contributed by atoms with E-state index in [4.69, 9.17) is 4.74 Å². The quantitative estimate of drug-likeness (QED) is 0.804. The Morgan fingerprint density at radius 3 is 2.29 bits per heavy atom. The summed E-state index contributed by atoms with van der Waals surface area (Å²) in [6.45, 7) is 1.74. The second-order valence-electron chi connectivity index (χ2n) is 9.01. The number of amides is 2. The molecule has 3 saturated heterocycles. The van der Waals surface area contributed by atoms with Crippen LogP contribution in [0.25, 0.3) is 0 Å². The van der Waals surface area contributed by atoms with Gasteiger partial charge in [0.25, 0.3) is 0 Å². The number of methoxy groups -OCH3 is 1. The first-order valence-corrected chi connectivity index (χ1v) is 10.9. The largest absolute Gasteiger partial charge is 0.497 e. The molecule has 28 heavy (non-hydrogen) atoms. The number of benzene rings is 1. The number of piperidine rings is 2. The summed E-state index contributed by atoms with van der Waals surface area (Å²) in [7, 11) is 1.67. The molecule has 0 unspecified atom stereocenters. The van der Waals surface area contributed by atoms with E-state index in [1.807, 2.05) is 21.9 Å². The van der Waals surface area contributed by atoms with E-state index >= 15 is 0 Å². The number of rotatable bonds is 4. The van der Waals surface area contributed by atoms with Gasteiger partial charge in [-0.2, -0.15) is 0 Å².